The first-order valence-electron chi connectivity index (χ1n) is 21.2. The smallest absolute Gasteiger partial charge is 0.164 e. The maximum atomic E-state index is 7.34. The van der Waals surface area contributed by atoms with E-state index in [0.29, 0.717) is 17.5 Å². The van der Waals surface area contributed by atoms with Gasteiger partial charge in [-0.3, -0.25) is 0 Å². The summed E-state index contributed by atoms with van der Waals surface area (Å²) < 4.78 is 12.1. The van der Waals surface area contributed by atoms with E-state index in [9.17, 15) is 0 Å². The van der Waals surface area contributed by atoms with Crippen LogP contribution < -0.4 is 0 Å². The predicted octanol–water partition coefficient (Wildman–Crippen LogP) is 14.6. The second-order valence-corrected chi connectivity index (χ2v) is 15.9. The molecule has 63 heavy (non-hydrogen) atoms. The van der Waals surface area contributed by atoms with Gasteiger partial charge in [0, 0.05) is 71.5 Å². The molecule has 6 nitrogen and oxygen atoms in total. The Morgan fingerprint density at radius 1 is 0.302 bits per heavy atom. The molecule has 0 spiro atoms. The van der Waals surface area contributed by atoms with Crippen molar-refractivity contribution >= 4 is 65.6 Å². The van der Waals surface area contributed by atoms with E-state index in [1.165, 1.54) is 10.8 Å². The number of aromatic nitrogens is 5. The molecular weight excluding hydrogens is 771 g/mol. The van der Waals surface area contributed by atoms with Gasteiger partial charge in [-0.2, -0.15) is 0 Å². The van der Waals surface area contributed by atoms with Crippen molar-refractivity contribution in [2.75, 3.05) is 0 Å². The van der Waals surface area contributed by atoms with Crippen LogP contribution in [0.5, 0.6) is 0 Å². The number of para-hydroxylation sites is 5. The molecule has 0 N–H and O–H groups in total. The van der Waals surface area contributed by atoms with Gasteiger partial charge in [0.25, 0.3) is 0 Å². The van der Waals surface area contributed by atoms with Crippen LogP contribution in [-0.2, 0) is 0 Å². The number of hydrogen-bond acceptors (Lipinski definition) is 4. The molecule has 0 atom stereocenters. The Balaban J connectivity index is 1.11. The lowest BCUT2D eigenvalue weighted by Crippen LogP contribution is -2.00. The zero-order valence-electron chi connectivity index (χ0n) is 33.9. The Bertz CT molecular complexity index is 3830. The zero-order chi connectivity index (χ0) is 41.4. The zero-order valence-corrected chi connectivity index (χ0v) is 33.9. The number of furan rings is 1. The second-order valence-electron chi connectivity index (χ2n) is 15.9. The summed E-state index contributed by atoms with van der Waals surface area (Å²) in [5.41, 5.74) is 13.1. The highest BCUT2D eigenvalue weighted by Crippen LogP contribution is 2.46. The van der Waals surface area contributed by atoms with Gasteiger partial charge in [-0.15, -0.1) is 0 Å². The molecule has 0 radical (unpaired) electrons. The lowest BCUT2D eigenvalue weighted by molar-refractivity contribution is 0.672. The lowest BCUT2D eigenvalue weighted by atomic mass is 9.99. The third-order valence-corrected chi connectivity index (χ3v) is 12.4. The Morgan fingerprint density at radius 3 is 1.46 bits per heavy atom. The van der Waals surface area contributed by atoms with Crippen LogP contribution in [0.2, 0.25) is 0 Å². The molecule has 13 rings (SSSR count). The number of fused-ring (bicyclic) bond motifs is 10. The second kappa shape index (κ2) is 14.0. The van der Waals surface area contributed by atoms with Gasteiger partial charge in [-0.05, 0) is 42.5 Å². The summed E-state index contributed by atoms with van der Waals surface area (Å²) in [5, 5.41) is 6.61. The van der Waals surface area contributed by atoms with Gasteiger partial charge in [0.2, 0.25) is 0 Å². The quantitative estimate of drug-likeness (QED) is 0.168. The number of hydrogen-bond donors (Lipinski definition) is 0. The minimum absolute atomic E-state index is 0.606. The normalized spacial score (nSPS) is 11.8. The highest BCUT2D eigenvalue weighted by molar-refractivity contribution is 6.25. The first kappa shape index (κ1) is 35.2. The van der Waals surface area contributed by atoms with E-state index in [-0.39, 0.29) is 0 Å². The molecule has 294 valence electrons. The van der Waals surface area contributed by atoms with E-state index in [1.54, 1.807) is 0 Å². The minimum Gasteiger partial charge on any atom is -0.453 e. The predicted molar refractivity (Wildman–Crippen MR) is 258 cm³/mol. The molecule has 0 fully saturated rings. The average Bonchev–Trinajstić information content (AvgIpc) is 4.03. The van der Waals surface area contributed by atoms with Gasteiger partial charge in [0.1, 0.15) is 5.58 Å². The monoisotopic (exact) mass is 805 g/mol. The Morgan fingerprint density at radius 2 is 0.778 bits per heavy atom. The van der Waals surface area contributed by atoms with Crippen molar-refractivity contribution < 1.29 is 4.42 Å². The van der Waals surface area contributed by atoms with Gasteiger partial charge in [-0.25, -0.2) is 15.0 Å². The molecule has 0 bridgehead atoms. The topological polar surface area (TPSA) is 61.7 Å². The van der Waals surface area contributed by atoms with Crippen LogP contribution in [-0.4, -0.2) is 24.1 Å². The van der Waals surface area contributed by atoms with Crippen LogP contribution in [0, 0.1) is 0 Å². The van der Waals surface area contributed by atoms with Crippen LogP contribution in [0.1, 0.15) is 0 Å². The fourth-order valence-electron chi connectivity index (χ4n) is 9.66. The molecule has 4 aromatic heterocycles. The van der Waals surface area contributed by atoms with Crippen molar-refractivity contribution in [2.24, 2.45) is 0 Å². The first-order valence-corrected chi connectivity index (χ1v) is 21.2. The maximum Gasteiger partial charge on any atom is 0.164 e. The van der Waals surface area contributed by atoms with E-state index >= 15 is 0 Å². The van der Waals surface area contributed by atoms with Crippen molar-refractivity contribution in [1.29, 1.82) is 0 Å². The SMILES string of the molecule is c1ccc(-c2nc(-c3ccccc3)nc(-c3cccc4c3c3ccc5c6cccc(-c7cccc8c9ccccc9n(-c9ccccc9)c78)c6oc5c3n4-c3ccccc3)n2)cc1. The largest absolute Gasteiger partial charge is 0.453 e. The molecule has 0 aliphatic carbocycles. The van der Waals surface area contributed by atoms with Crippen LogP contribution in [0.25, 0.3) is 122 Å². The van der Waals surface area contributed by atoms with Gasteiger partial charge in [0.15, 0.2) is 23.1 Å². The maximum absolute atomic E-state index is 7.34. The first-order chi connectivity index (χ1) is 31.3. The summed E-state index contributed by atoms with van der Waals surface area (Å²) >= 11 is 0. The molecule has 6 heteroatoms. The molecule has 0 unspecified atom stereocenters. The van der Waals surface area contributed by atoms with Crippen LogP contribution in [0.15, 0.2) is 217 Å². The molecular formula is C57H35N5O. The highest BCUT2D eigenvalue weighted by Gasteiger charge is 2.25. The van der Waals surface area contributed by atoms with Crippen molar-refractivity contribution in [1.82, 2.24) is 24.1 Å². The lowest BCUT2D eigenvalue weighted by Gasteiger charge is -2.12. The van der Waals surface area contributed by atoms with E-state index in [0.717, 1.165) is 94.0 Å². The molecule has 0 saturated heterocycles. The van der Waals surface area contributed by atoms with Crippen molar-refractivity contribution in [3.8, 4) is 56.7 Å². The van der Waals surface area contributed by atoms with Crippen LogP contribution in [0.4, 0.5) is 0 Å². The van der Waals surface area contributed by atoms with Gasteiger partial charge >= 0.3 is 0 Å². The minimum atomic E-state index is 0.606. The number of rotatable bonds is 6. The van der Waals surface area contributed by atoms with E-state index < -0.39 is 0 Å². The van der Waals surface area contributed by atoms with Gasteiger partial charge in [0.05, 0.1) is 22.1 Å². The fourth-order valence-corrected chi connectivity index (χ4v) is 9.66. The molecule has 0 aliphatic rings. The van der Waals surface area contributed by atoms with Crippen LogP contribution >= 0.6 is 0 Å². The highest BCUT2D eigenvalue weighted by atomic mass is 16.3. The van der Waals surface area contributed by atoms with E-state index in [1.807, 2.05) is 60.7 Å². The summed E-state index contributed by atoms with van der Waals surface area (Å²) in [7, 11) is 0. The standard InChI is InChI=1S/C57H35N5O/c1-5-18-36(19-6-1)55-58-56(37-20-7-2-8-21-37)60-57(59-55)47-31-17-33-49-50(47)46-35-34-45-44-30-16-29-43(53(44)63-54(45)52(46)62(49)39-24-11-4-12-25-39)42-28-15-27-41-40-26-13-14-32-48(40)61(51(41)42)38-22-9-3-10-23-38/h1-35H. The molecule has 0 amide bonds. The van der Waals surface area contributed by atoms with Crippen molar-refractivity contribution in [2.45, 2.75) is 0 Å². The van der Waals surface area contributed by atoms with Gasteiger partial charge < -0.3 is 13.6 Å². The van der Waals surface area contributed by atoms with Crippen molar-refractivity contribution in [3.05, 3.63) is 212 Å². The van der Waals surface area contributed by atoms with Crippen LogP contribution in [0.3, 0.4) is 0 Å². The van der Waals surface area contributed by atoms with Crippen molar-refractivity contribution in [3.63, 3.8) is 0 Å². The Kier molecular flexibility index (Phi) is 7.80. The molecule has 13 aromatic rings. The van der Waals surface area contributed by atoms with E-state index in [2.05, 4.69) is 161 Å². The Hall–Kier alpha value is -8.61. The summed E-state index contributed by atoms with van der Waals surface area (Å²) in [4.78, 5) is 15.4. The molecule has 0 aliphatic heterocycles. The fraction of sp³-hybridized carbons (Fsp3) is 0. The number of benzene rings is 9. The molecule has 9 aromatic carbocycles. The third kappa shape index (κ3) is 5.41. The Labute approximate surface area is 361 Å². The molecule has 0 saturated carbocycles. The average molecular weight is 806 g/mol. The number of nitrogens with zero attached hydrogens (tertiary/aromatic N) is 5. The van der Waals surface area contributed by atoms with Gasteiger partial charge in [-0.1, -0.05) is 170 Å². The summed E-state index contributed by atoms with van der Waals surface area (Å²) in [5.74, 6) is 1.85. The summed E-state index contributed by atoms with van der Waals surface area (Å²) in [6, 6.07) is 74.2. The molecule has 4 heterocycles. The van der Waals surface area contributed by atoms with E-state index in [4.69, 9.17) is 19.4 Å². The summed E-state index contributed by atoms with van der Waals surface area (Å²) in [6.45, 7) is 0. The summed E-state index contributed by atoms with van der Waals surface area (Å²) in [6.07, 6.45) is 0. The third-order valence-electron chi connectivity index (χ3n) is 12.4.